The molecule has 2 aromatic rings. The molecule has 1 N–H and O–H groups in total. The molecule has 2 rings (SSSR count). The lowest BCUT2D eigenvalue weighted by atomic mass is 10.1. The minimum Gasteiger partial charge on any atom is -0.497 e. The van der Waals surface area contributed by atoms with Crippen molar-refractivity contribution in [3.05, 3.63) is 48.5 Å². The highest BCUT2D eigenvalue weighted by Crippen LogP contribution is 2.24. The summed E-state index contributed by atoms with van der Waals surface area (Å²) in [6.07, 6.45) is 1.03. The maximum atomic E-state index is 10.9. The van der Waals surface area contributed by atoms with E-state index in [9.17, 15) is 8.42 Å². The van der Waals surface area contributed by atoms with Crippen molar-refractivity contribution in [1.82, 2.24) is 4.89 Å². The molecule has 0 atom stereocenters. The molecular weight excluding hydrogens is 278 g/mol. The van der Waals surface area contributed by atoms with Gasteiger partial charge in [-0.25, -0.2) is 8.42 Å². The van der Waals surface area contributed by atoms with Crippen LogP contribution in [0.3, 0.4) is 0 Å². The summed E-state index contributed by atoms with van der Waals surface area (Å²) in [7, 11) is -1.76. The van der Waals surface area contributed by atoms with E-state index in [1.807, 2.05) is 41.3 Å². The normalized spacial score (nSPS) is 11.1. The molecule has 0 aliphatic rings. The Labute approximate surface area is 118 Å². The molecule has 0 saturated heterocycles. The summed E-state index contributed by atoms with van der Waals surface area (Å²) in [6, 6.07) is 14.7. The average Bonchev–Trinajstić information content (AvgIpc) is 2.45. The van der Waals surface area contributed by atoms with Gasteiger partial charge in [-0.15, -0.1) is 0 Å². The average molecular weight is 293 g/mol. The van der Waals surface area contributed by atoms with Gasteiger partial charge in [-0.2, -0.15) is 0 Å². The molecule has 2 aromatic carbocycles. The Kier molecular flexibility index (Phi) is 4.26. The summed E-state index contributed by atoms with van der Waals surface area (Å²) in [5.74, 6) is 1.22. The highest BCUT2D eigenvalue weighted by molar-refractivity contribution is 7.88. The molecule has 0 bridgehead atoms. The van der Waals surface area contributed by atoms with Crippen molar-refractivity contribution in [3.63, 3.8) is 0 Å². The fourth-order valence-corrected chi connectivity index (χ4v) is 1.87. The molecule has 0 saturated carbocycles. The van der Waals surface area contributed by atoms with Gasteiger partial charge in [-0.3, -0.25) is 0 Å². The lowest BCUT2D eigenvalue weighted by Crippen LogP contribution is -2.25. The van der Waals surface area contributed by atoms with Gasteiger partial charge in [0.1, 0.15) is 11.5 Å². The van der Waals surface area contributed by atoms with E-state index in [0.717, 1.165) is 23.1 Å². The zero-order valence-corrected chi connectivity index (χ0v) is 12.0. The van der Waals surface area contributed by atoms with Crippen molar-refractivity contribution in [1.29, 1.82) is 0 Å². The summed E-state index contributed by atoms with van der Waals surface area (Å²) in [5, 5.41) is 0. The van der Waals surface area contributed by atoms with Crippen LogP contribution in [0.15, 0.2) is 48.5 Å². The van der Waals surface area contributed by atoms with E-state index in [1.54, 1.807) is 19.2 Å². The van der Waals surface area contributed by atoms with Crippen LogP contribution in [-0.4, -0.2) is 21.8 Å². The maximum Gasteiger partial charge on any atom is 0.239 e. The Hall–Kier alpha value is -2.05. The highest BCUT2D eigenvalue weighted by Gasteiger charge is 2.03. The van der Waals surface area contributed by atoms with Crippen LogP contribution in [0.25, 0.3) is 11.1 Å². The zero-order chi connectivity index (χ0) is 14.6. The van der Waals surface area contributed by atoms with Gasteiger partial charge < -0.3 is 9.57 Å². The topological polar surface area (TPSA) is 64.6 Å². The van der Waals surface area contributed by atoms with Crippen LogP contribution in [0, 0.1) is 0 Å². The predicted molar refractivity (Wildman–Crippen MR) is 77.0 cm³/mol. The fraction of sp³-hybridized carbons (Fsp3) is 0.143. The van der Waals surface area contributed by atoms with Crippen LogP contribution < -0.4 is 14.5 Å². The standard InChI is InChI=1S/C14H15NO4S/c1-18-13-7-3-11(4-8-13)12-5-9-14(10-6-12)19-15-20(2,16)17/h3-10,15H,1-2H3. The van der Waals surface area contributed by atoms with Crippen LogP contribution in [0.2, 0.25) is 0 Å². The van der Waals surface area contributed by atoms with Gasteiger partial charge in [0.15, 0.2) is 0 Å². The van der Waals surface area contributed by atoms with Crippen molar-refractivity contribution in [2.45, 2.75) is 0 Å². The lowest BCUT2D eigenvalue weighted by Gasteiger charge is -2.07. The molecule has 0 spiro atoms. The minimum atomic E-state index is -3.38. The molecule has 0 aliphatic carbocycles. The van der Waals surface area contributed by atoms with Crippen LogP contribution in [0.5, 0.6) is 11.5 Å². The smallest absolute Gasteiger partial charge is 0.239 e. The first kappa shape index (κ1) is 14.4. The second-order valence-electron chi connectivity index (χ2n) is 4.21. The molecule has 20 heavy (non-hydrogen) atoms. The molecule has 0 unspecified atom stereocenters. The lowest BCUT2D eigenvalue weighted by molar-refractivity contribution is 0.270. The summed E-state index contributed by atoms with van der Waals surface area (Å²) < 4.78 is 26.9. The first-order valence-electron chi connectivity index (χ1n) is 5.86. The number of nitrogens with one attached hydrogen (secondary N) is 1. The number of rotatable bonds is 5. The number of ether oxygens (including phenoxy) is 1. The third-order valence-electron chi connectivity index (χ3n) is 2.59. The summed E-state index contributed by atoms with van der Waals surface area (Å²) in [6.45, 7) is 0. The number of hydrogen-bond acceptors (Lipinski definition) is 4. The predicted octanol–water partition coefficient (Wildman–Crippen LogP) is 2.21. The van der Waals surface area contributed by atoms with Gasteiger partial charge in [0.05, 0.1) is 13.4 Å². The van der Waals surface area contributed by atoms with Crippen LogP contribution in [-0.2, 0) is 10.0 Å². The van der Waals surface area contributed by atoms with Crippen molar-refractivity contribution >= 4 is 10.0 Å². The molecule has 106 valence electrons. The largest absolute Gasteiger partial charge is 0.497 e. The van der Waals surface area contributed by atoms with E-state index in [1.165, 1.54) is 0 Å². The quantitative estimate of drug-likeness (QED) is 0.858. The summed E-state index contributed by atoms with van der Waals surface area (Å²) in [4.78, 5) is 6.91. The number of benzene rings is 2. The van der Waals surface area contributed by atoms with E-state index in [4.69, 9.17) is 9.57 Å². The van der Waals surface area contributed by atoms with Gasteiger partial charge >= 0.3 is 0 Å². The third kappa shape index (κ3) is 3.97. The minimum absolute atomic E-state index is 0.424. The van der Waals surface area contributed by atoms with E-state index in [0.29, 0.717) is 5.75 Å². The van der Waals surface area contributed by atoms with Gasteiger partial charge in [-0.1, -0.05) is 24.3 Å². The second-order valence-corrected chi connectivity index (χ2v) is 5.92. The third-order valence-corrected chi connectivity index (χ3v) is 2.97. The van der Waals surface area contributed by atoms with Crippen LogP contribution in [0.1, 0.15) is 0 Å². The second kappa shape index (κ2) is 5.94. The number of methoxy groups -OCH3 is 1. The van der Waals surface area contributed by atoms with Gasteiger partial charge in [0.25, 0.3) is 0 Å². The molecule has 6 heteroatoms. The van der Waals surface area contributed by atoms with Crippen LogP contribution >= 0.6 is 0 Å². The van der Waals surface area contributed by atoms with Crippen molar-refractivity contribution in [2.75, 3.05) is 13.4 Å². The Bertz CT molecular complexity index is 663. The number of hydrogen-bond donors (Lipinski definition) is 1. The molecule has 0 aliphatic heterocycles. The summed E-state index contributed by atoms with van der Waals surface area (Å²) in [5.41, 5.74) is 2.03. The zero-order valence-electron chi connectivity index (χ0n) is 11.2. The van der Waals surface area contributed by atoms with Crippen molar-refractivity contribution in [2.24, 2.45) is 0 Å². The van der Waals surface area contributed by atoms with Crippen molar-refractivity contribution in [3.8, 4) is 22.6 Å². The molecule has 5 nitrogen and oxygen atoms in total. The summed E-state index contributed by atoms with van der Waals surface area (Å²) >= 11 is 0. The Morgan fingerprint density at radius 2 is 1.30 bits per heavy atom. The molecule has 0 aromatic heterocycles. The molecule has 0 amide bonds. The molecule has 0 fully saturated rings. The first-order chi connectivity index (χ1) is 9.48. The van der Waals surface area contributed by atoms with E-state index >= 15 is 0 Å². The van der Waals surface area contributed by atoms with E-state index in [2.05, 4.69) is 0 Å². The Morgan fingerprint density at radius 1 is 0.850 bits per heavy atom. The highest BCUT2D eigenvalue weighted by atomic mass is 32.2. The Balaban J connectivity index is 2.10. The first-order valence-corrected chi connectivity index (χ1v) is 7.75. The SMILES string of the molecule is COc1ccc(-c2ccc(ONS(C)(=O)=O)cc2)cc1. The Morgan fingerprint density at radius 3 is 1.70 bits per heavy atom. The van der Waals surface area contributed by atoms with E-state index < -0.39 is 10.0 Å². The molecular formula is C14H15NO4S. The maximum absolute atomic E-state index is 10.9. The molecule has 0 radical (unpaired) electrons. The van der Waals surface area contributed by atoms with Gasteiger partial charge in [0.2, 0.25) is 10.0 Å². The van der Waals surface area contributed by atoms with E-state index in [-0.39, 0.29) is 0 Å². The van der Waals surface area contributed by atoms with Gasteiger partial charge in [0, 0.05) is 0 Å². The monoisotopic (exact) mass is 293 g/mol. The number of sulfonamides is 1. The van der Waals surface area contributed by atoms with Crippen molar-refractivity contribution < 1.29 is 18.0 Å². The molecule has 0 heterocycles. The fourth-order valence-electron chi connectivity index (χ4n) is 1.62. The van der Waals surface area contributed by atoms with Gasteiger partial charge in [-0.05, 0) is 40.3 Å². The van der Waals surface area contributed by atoms with Crippen LogP contribution in [0.4, 0.5) is 0 Å².